The van der Waals surface area contributed by atoms with Gasteiger partial charge < -0.3 is 10.1 Å². The topological polar surface area (TPSA) is 72.7 Å². The van der Waals surface area contributed by atoms with E-state index in [0.29, 0.717) is 25.2 Å². The SMILES string of the molecule is CC(OCCCNC(=O)c1cnc2ccccn2c1=O)c1ccccc1. The molecule has 3 rings (SSSR count). The van der Waals surface area contributed by atoms with Crippen LogP contribution < -0.4 is 10.9 Å². The Morgan fingerprint density at radius 2 is 1.96 bits per heavy atom. The van der Waals surface area contributed by atoms with Gasteiger partial charge in [0.15, 0.2) is 0 Å². The average molecular weight is 351 g/mol. The summed E-state index contributed by atoms with van der Waals surface area (Å²) in [5.74, 6) is -0.420. The maximum atomic E-state index is 12.3. The van der Waals surface area contributed by atoms with E-state index in [1.807, 2.05) is 37.3 Å². The summed E-state index contributed by atoms with van der Waals surface area (Å²) in [6.07, 6.45) is 3.58. The normalized spacial score (nSPS) is 12.0. The molecule has 0 aliphatic rings. The van der Waals surface area contributed by atoms with Crippen molar-refractivity contribution >= 4 is 11.6 Å². The van der Waals surface area contributed by atoms with E-state index in [9.17, 15) is 9.59 Å². The lowest BCUT2D eigenvalue weighted by Crippen LogP contribution is -2.32. The van der Waals surface area contributed by atoms with E-state index in [2.05, 4.69) is 10.3 Å². The first kappa shape index (κ1) is 17.8. The maximum Gasteiger partial charge on any atom is 0.270 e. The molecule has 2 aromatic heterocycles. The molecule has 0 radical (unpaired) electrons. The predicted molar refractivity (Wildman–Crippen MR) is 99.2 cm³/mol. The van der Waals surface area contributed by atoms with Crippen LogP contribution in [0.3, 0.4) is 0 Å². The zero-order valence-corrected chi connectivity index (χ0v) is 14.6. The first-order valence-corrected chi connectivity index (χ1v) is 8.58. The molecule has 0 saturated heterocycles. The van der Waals surface area contributed by atoms with Crippen LogP contribution in [-0.4, -0.2) is 28.4 Å². The van der Waals surface area contributed by atoms with Crippen LogP contribution in [0.1, 0.15) is 35.4 Å². The molecule has 0 saturated carbocycles. The van der Waals surface area contributed by atoms with Gasteiger partial charge in [-0.3, -0.25) is 14.0 Å². The van der Waals surface area contributed by atoms with Gasteiger partial charge >= 0.3 is 0 Å². The third kappa shape index (κ3) is 4.15. The number of hydrogen-bond donors (Lipinski definition) is 1. The zero-order valence-electron chi connectivity index (χ0n) is 14.6. The Bertz CT molecular complexity index is 938. The van der Waals surface area contributed by atoms with Gasteiger partial charge in [-0.15, -0.1) is 0 Å². The lowest BCUT2D eigenvalue weighted by atomic mass is 10.1. The van der Waals surface area contributed by atoms with Gasteiger partial charge in [-0.1, -0.05) is 36.4 Å². The molecule has 134 valence electrons. The summed E-state index contributed by atoms with van der Waals surface area (Å²) in [6.45, 7) is 2.94. The molecule has 0 aliphatic heterocycles. The quantitative estimate of drug-likeness (QED) is 0.664. The fourth-order valence-electron chi connectivity index (χ4n) is 2.63. The van der Waals surface area contributed by atoms with Crippen molar-refractivity contribution in [3.05, 3.63) is 82.4 Å². The van der Waals surface area contributed by atoms with Gasteiger partial charge in [-0.25, -0.2) is 4.98 Å². The highest BCUT2D eigenvalue weighted by Crippen LogP contribution is 2.15. The van der Waals surface area contributed by atoms with Crippen LogP contribution in [-0.2, 0) is 4.74 Å². The van der Waals surface area contributed by atoms with Crippen LogP contribution in [0.25, 0.3) is 5.65 Å². The molecule has 0 fully saturated rings. The molecule has 0 bridgehead atoms. The van der Waals surface area contributed by atoms with Crippen LogP contribution in [0.15, 0.2) is 65.7 Å². The predicted octanol–water partition coefficient (Wildman–Crippen LogP) is 2.59. The van der Waals surface area contributed by atoms with Crippen molar-refractivity contribution in [1.29, 1.82) is 0 Å². The lowest BCUT2D eigenvalue weighted by molar-refractivity contribution is 0.0635. The summed E-state index contributed by atoms with van der Waals surface area (Å²) in [6, 6.07) is 15.2. The molecule has 1 unspecified atom stereocenters. The number of carbonyl (C=O) groups excluding carboxylic acids is 1. The Morgan fingerprint density at radius 1 is 1.19 bits per heavy atom. The second kappa shape index (κ2) is 8.40. The van der Waals surface area contributed by atoms with E-state index in [1.165, 1.54) is 10.6 Å². The Kier molecular flexibility index (Phi) is 5.76. The number of nitrogens with one attached hydrogen (secondary N) is 1. The average Bonchev–Trinajstić information content (AvgIpc) is 2.68. The van der Waals surface area contributed by atoms with E-state index in [1.54, 1.807) is 24.4 Å². The first-order valence-electron chi connectivity index (χ1n) is 8.58. The number of ether oxygens (including phenoxy) is 1. The number of rotatable bonds is 7. The highest BCUT2D eigenvalue weighted by Gasteiger charge is 2.12. The minimum absolute atomic E-state index is 0.00114. The molecule has 6 heteroatoms. The van der Waals surface area contributed by atoms with Crippen molar-refractivity contribution in [1.82, 2.24) is 14.7 Å². The Balaban J connectivity index is 1.49. The van der Waals surface area contributed by atoms with Gasteiger partial charge in [0.25, 0.3) is 11.5 Å². The second-order valence-electron chi connectivity index (χ2n) is 5.94. The number of hydrogen-bond acceptors (Lipinski definition) is 4. The molecule has 1 N–H and O–H groups in total. The number of amides is 1. The summed E-state index contributed by atoms with van der Waals surface area (Å²) < 4.78 is 7.13. The van der Waals surface area contributed by atoms with E-state index < -0.39 is 5.91 Å². The number of benzene rings is 1. The van der Waals surface area contributed by atoms with Gasteiger partial charge in [0, 0.05) is 25.5 Å². The summed E-state index contributed by atoms with van der Waals surface area (Å²) >= 11 is 0. The van der Waals surface area contributed by atoms with Crippen molar-refractivity contribution in [3.63, 3.8) is 0 Å². The largest absolute Gasteiger partial charge is 0.374 e. The van der Waals surface area contributed by atoms with Crippen molar-refractivity contribution in [2.24, 2.45) is 0 Å². The fraction of sp³-hybridized carbons (Fsp3) is 0.250. The molecule has 1 amide bonds. The maximum absolute atomic E-state index is 12.3. The standard InChI is InChI=1S/C20H21N3O3/c1-15(16-8-3-2-4-9-16)26-13-7-11-21-19(24)17-14-22-18-10-5-6-12-23(18)20(17)25/h2-6,8-10,12,14-15H,7,11,13H2,1H3,(H,21,24). The number of nitrogens with zero attached hydrogens (tertiary/aromatic N) is 2. The highest BCUT2D eigenvalue weighted by atomic mass is 16.5. The number of aromatic nitrogens is 2. The zero-order chi connectivity index (χ0) is 18.4. The van der Waals surface area contributed by atoms with Crippen LogP contribution >= 0.6 is 0 Å². The molecular weight excluding hydrogens is 330 g/mol. The van der Waals surface area contributed by atoms with Crippen molar-refractivity contribution < 1.29 is 9.53 Å². The van der Waals surface area contributed by atoms with Crippen molar-refractivity contribution in [3.8, 4) is 0 Å². The van der Waals surface area contributed by atoms with Crippen LogP contribution in [0.5, 0.6) is 0 Å². The minimum atomic E-state index is -0.420. The number of carbonyl (C=O) groups is 1. The van der Waals surface area contributed by atoms with Crippen molar-refractivity contribution in [2.45, 2.75) is 19.4 Å². The molecule has 1 aromatic carbocycles. The molecule has 6 nitrogen and oxygen atoms in total. The van der Waals surface area contributed by atoms with Crippen molar-refractivity contribution in [2.75, 3.05) is 13.2 Å². The third-order valence-electron chi connectivity index (χ3n) is 4.10. The minimum Gasteiger partial charge on any atom is -0.374 e. The van der Waals surface area contributed by atoms with Gasteiger partial charge in [-0.2, -0.15) is 0 Å². The van der Waals surface area contributed by atoms with Gasteiger partial charge in [0.05, 0.1) is 6.10 Å². The Morgan fingerprint density at radius 3 is 2.77 bits per heavy atom. The first-order chi connectivity index (χ1) is 12.7. The summed E-state index contributed by atoms with van der Waals surface area (Å²) in [5, 5.41) is 2.75. The van der Waals surface area contributed by atoms with E-state index >= 15 is 0 Å². The molecule has 26 heavy (non-hydrogen) atoms. The summed E-state index contributed by atoms with van der Waals surface area (Å²) in [7, 11) is 0. The van der Waals surface area contributed by atoms with E-state index in [4.69, 9.17) is 4.74 Å². The van der Waals surface area contributed by atoms with Crippen LogP contribution in [0, 0.1) is 0 Å². The monoisotopic (exact) mass is 351 g/mol. The van der Waals surface area contributed by atoms with Gasteiger partial charge in [0.2, 0.25) is 0 Å². The van der Waals surface area contributed by atoms with Gasteiger partial charge in [0.1, 0.15) is 11.2 Å². The smallest absolute Gasteiger partial charge is 0.270 e. The van der Waals surface area contributed by atoms with Crippen LogP contribution in [0.2, 0.25) is 0 Å². The van der Waals surface area contributed by atoms with E-state index in [-0.39, 0.29) is 17.2 Å². The molecule has 3 aromatic rings. The molecule has 2 heterocycles. The lowest BCUT2D eigenvalue weighted by Gasteiger charge is -2.13. The Labute approximate surface area is 151 Å². The number of fused-ring (bicyclic) bond motifs is 1. The summed E-state index contributed by atoms with van der Waals surface area (Å²) in [5.41, 5.74) is 1.29. The van der Waals surface area contributed by atoms with Crippen LogP contribution in [0.4, 0.5) is 0 Å². The second-order valence-corrected chi connectivity index (χ2v) is 5.94. The van der Waals surface area contributed by atoms with Gasteiger partial charge in [-0.05, 0) is 31.0 Å². The van der Waals surface area contributed by atoms with E-state index in [0.717, 1.165) is 5.56 Å². The number of pyridine rings is 1. The third-order valence-corrected chi connectivity index (χ3v) is 4.10. The molecule has 0 aliphatic carbocycles. The molecule has 1 atom stereocenters. The summed E-state index contributed by atoms with van der Waals surface area (Å²) in [4.78, 5) is 28.7. The highest BCUT2D eigenvalue weighted by molar-refractivity contribution is 5.93. The molecular formula is C20H21N3O3. The molecule has 0 spiro atoms. The fourth-order valence-corrected chi connectivity index (χ4v) is 2.63. The Hall–Kier alpha value is -2.99.